The van der Waals surface area contributed by atoms with E-state index in [9.17, 15) is 9.59 Å². The van der Waals surface area contributed by atoms with Crippen LogP contribution in [0, 0.1) is 0 Å². The van der Waals surface area contributed by atoms with Gasteiger partial charge in [-0.05, 0) is 31.9 Å². The van der Waals surface area contributed by atoms with Gasteiger partial charge in [0.05, 0.1) is 10.3 Å². The van der Waals surface area contributed by atoms with Gasteiger partial charge < -0.3 is 5.73 Å². The minimum Gasteiger partial charge on any atom is -0.351 e. The number of rotatable bonds is 5. The second-order valence-corrected chi connectivity index (χ2v) is 7.92. The highest BCUT2D eigenvalue weighted by Gasteiger charge is 2.28. The maximum absolute atomic E-state index is 12.0. The quantitative estimate of drug-likeness (QED) is 0.758. The van der Waals surface area contributed by atoms with E-state index < -0.39 is 17.2 Å². The Hall–Kier alpha value is -2.06. The van der Waals surface area contributed by atoms with Crippen LogP contribution in [-0.4, -0.2) is 32.0 Å². The van der Waals surface area contributed by atoms with Crippen molar-refractivity contribution in [2.24, 2.45) is 5.73 Å². The summed E-state index contributed by atoms with van der Waals surface area (Å²) in [7, 11) is 0. The molecule has 26 heavy (non-hydrogen) atoms. The number of benzene rings is 1. The molecule has 1 atom stereocenters. The molecule has 2 aromatic rings. The zero-order chi connectivity index (χ0) is 18.7. The zero-order valence-corrected chi connectivity index (χ0v) is 15.9. The van der Waals surface area contributed by atoms with Gasteiger partial charge in [-0.3, -0.25) is 14.7 Å². The van der Waals surface area contributed by atoms with E-state index in [2.05, 4.69) is 20.1 Å². The van der Waals surface area contributed by atoms with Crippen molar-refractivity contribution < 1.29 is 9.59 Å². The van der Waals surface area contributed by atoms with Gasteiger partial charge in [0.25, 0.3) is 0 Å². The minimum absolute atomic E-state index is 0.269. The van der Waals surface area contributed by atoms with E-state index >= 15 is 0 Å². The summed E-state index contributed by atoms with van der Waals surface area (Å²) in [4.78, 5) is 22.9. The van der Waals surface area contributed by atoms with Crippen molar-refractivity contribution in [2.45, 2.75) is 49.1 Å². The van der Waals surface area contributed by atoms with E-state index in [-0.39, 0.29) is 6.04 Å². The fraction of sp³-hybridized carbons (Fsp3) is 0.412. The van der Waals surface area contributed by atoms with Crippen LogP contribution in [0.2, 0.25) is 5.02 Å². The summed E-state index contributed by atoms with van der Waals surface area (Å²) in [5.74, 6) is 0.246. The predicted molar refractivity (Wildman–Crippen MR) is 101 cm³/mol. The van der Waals surface area contributed by atoms with Crippen LogP contribution >= 0.6 is 23.4 Å². The number of primary amides is 1. The van der Waals surface area contributed by atoms with Crippen LogP contribution in [0.25, 0.3) is 11.4 Å². The van der Waals surface area contributed by atoms with Crippen molar-refractivity contribution in [3.8, 4) is 11.4 Å². The number of nitrogens with one attached hydrogen (secondary N) is 1. The smallest absolute Gasteiger partial charge is 0.318 e. The van der Waals surface area contributed by atoms with Crippen LogP contribution in [0.3, 0.4) is 0 Å². The second-order valence-electron chi connectivity index (χ2n) is 6.21. The maximum Gasteiger partial charge on any atom is 0.318 e. The van der Waals surface area contributed by atoms with Crippen LogP contribution in [0.5, 0.6) is 0 Å². The minimum atomic E-state index is -0.864. The lowest BCUT2D eigenvalue weighted by Gasteiger charge is -2.18. The van der Waals surface area contributed by atoms with Gasteiger partial charge >= 0.3 is 6.03 Å². The molecule has 0 unspecified atom stereocenters. The molecule has 1 saturated carbocycles. The third-order valence-corrected chi connectivity index (χ3v) is 5.75. The third kappa shape index (κ3) is 4.02. The molecule has 0 aliphatic heterocycles. The molecule has 0 bridgehead atoms. The summed E-state index contributed by atoms with van der Waals surface area (Å²) < 4.78 is 2.08. The van der Waals surface area contributed by atoms with Gasteiger partial charge in [-0.25, -0.2) is 4.79 Å². The number of aromatic nitrogens is 3. The van der Waals surface area contributed by atoms with E-state index in [1.54, 1.807) is 6.92 Å². The molecule has 1 fully saturated rings. The largest absolute Gasteiger partial charge is 0.351 e. The standard InChI is InChI=1S/C17H20ClN5O2S/c1-10(15(24)20-16(19)25)26-17-22-21-14(12-8-4-5-9-13(12)18)23(17)11-6-2-3-7-11/h4-5,8-11H,2-3,6-7H2,1H3,(H3,19,20,24,25)/t10-/m0/s1. The lowest BCUT2D eigenvalue weighted by atomic mass is 10.2. The van der Waals surface area contributed by atoms with Crippen LogP contribution in [0.15, 0.2) is 29.4 Å². The number of halogens is 1. The molecule has 3 N–H and O–H groups in total. The molecule has 1 aromatic carbocycles. The summed E-state index contributed by atoms with van der Waals surface area (Å²) >= 11 is 7.61. The van der Waals surface area contributed by atoms with Gasteiger partial charge in [-0.15, -0.1) is 10.2 Å². The predicted octanol–water partition coefficient (Wildman–Crippen LogP) is 3.39. The van der Waals surface area contributed by atoms with Gasteiger partial charge in [-0.1, -0.05) is 48.3 Å². The molecule has 7 nitrogen and oxygen atoms in total. The van der Waals surface area contributed by atoms with E-state index in [4.69, 9.17) is 17.3 Å². The Kier molecular flexibility index (Phi) is 5.83. The Morgan fingerprint density at radius 3 is 2.65 bits per heavy atom. The Morgan fingerprint density at radius 2 is 2.00 bits per heavy atom. The van der Waals surface area contributed by atoms with E-state index in [1.807, 2.05) is 24.3 Å². The van der Waals surface area contributed by atoms with Gasteiger partial charge in [-0.2, -0.15) is 0 Å². The summed E-state index contributed by atoms with van der Waals surface area (Å²) in [6, 6.07) is 6.91. The van der Waals surface area contributed by atoms with E-state index in [0.29, 0.717) is 16.0 Å². The first kappa shape index (κ1) is 18.7. The molecule has 1 heterocycles. The fourth-order valence-electron chi connectivity index (χ4n) is 3.11. The van der Waals surface area contributed by atoms with Crippen molar-refractivity contribution in [3.63, 3.8) is 0 Å². The summed E-state index contributed by atoms with van der Waals surface area (Å²) in [5, 5.41) is 11.5. The van der Waals surface area contributed by atoms with Gasteiger partial charge in [0, 0.05) is 11.6 Å². The third-order valence-electron chi connectivity index (χ3n) is 4.37. The van der Waals surface area contributed by atoms with E-state index in [0.717, 1.165) is 31.2 Å². The lowest BCUT2D eigenvalue weighted by Crippen LogP contribution is -2.39. The molecule has 1 aromatic heterocycles. The molecule has 0 saturated heterocycles. The zero-order valence-electron chi connectivity index (χ0n) is 14.3. The number of urea groups is 1. The number of hydrogen-bond acceptors (Lipinski definition) is 5. The van der Waals surface area contributed by atoms with Gasteiger partial charge in [0.1, 0.15) is 0 Å². The van der Waals surface area contributed by atoms with Crippen molar-refractivity contribution in [1.29, 1.82) is 0 Å². The topological polar surface area (TPSA) is 103 Å². The van der Waals surface area contributed by atoms with Crippen molar-refractivity contribution >= 4 is 35.3 Å². The molecular weight excluding hydrogens is 374 g/mol. The number of carbonyl (C=O) groups excluding carboxylic acids is 2. The number of thioether (sulfide) groups is 1. The van der Waals surface area contributed by atoms with Crippen molar-refractivity contribution in [1.82, 2.24) is 20.1 Å². The summed E-state index contributed by atoms with van der Waals surface area (Å²) in [5.41, 5.74) is 5.84. The Labute approximate surface area is 160 Å². The monoisotopic (exact) mass is 393 g/mol. The molecule has 138 valence electrons. The number of carbonyl (C=O) groups is 2. The van der Waals surface area contributed by atoms with Crippen LogP contribution < -0.4 is 11.1 Å². The van der Waals surface area contributed by atoms with Crippen LogP contribution in [-0.2, 0) is 4.79 Å². The Bertz CT molecular complexity index is 819. The molecular formula is C17H20ClN5O2S. The highest BCUT2D eigenvalue weighted by atomic mass is 35.5. The average Bonchev–Trinajstić information content (AvgIpc) is 3.24. The fourth-order valence-corrected chi connectivity index (χ4v) is 4.25. The summed E-state index contributed by atoms with van der Waals surface area (Å²) in [6.07, 6.45) is 4.36. The average molecular weight is 394 g/mol. The lowest BCUT2D eigenvalue weighted by molar-refractivity contribution is -0.119. The summed E-state index contributed by atoms with van der Waals surface area (Å²) in [6.45, 7) is 1.70. The molecule has 0 spiro atoms. The molecule has 0 radical (unpaired) electrons. The molecule has 3 amide bonds. The van der Waals surface area contributed by atoms with Crippen molar-refractivity contribution in [2.75, 3.05) is 0 Å². The Morgan fingerprint density at radius 1 is 1.31 bits per heavy atom. The first-order valence-electron chi connectivity index (χ1n) is 8.44. The number of hydrogen-bond donors (Lipinski definition) is 2. The number of imide groups is 1. The normalized spacial score (nSPS) is 15.8. The second kappa shape index (κ2) is 8.09. The molecule has 1 aliphatic carbocycles. The highest BCUT2D eigenvalue weighted by molar-refractivity contribution is 8.00. The van der Waals surface area contributed by atoms with Crippen LogP contribution in [0.4, 0.5) is 4.79 Å². The number of nitrogens with two attached hydrogens (primary N) is 1. The number of amides is 3. The molecule has 3 rings (SSSR count). The SMILES string of the molecule is C[C@H](Sc1nnc(-c2ccccc2Cl)n1C1CCCC1)C(=O)NC(N)=O. The van der Waals surface area contributed by atoms with Gasteiger partial charge in [0.2, 0.25) is 5.91 Å². The van der Waals surface area contributed by atoms with Gasteiger partial charge in [0.15, 0.2) is 11.0 Å². The Balaban J connectivity index is 1.94. The first-order valence-corrected chi connectivity index (χ1v) is 9.70. The van der Waals surface area contributed by atoms with Crippen molar-refractivity contribution in [3.05, 3.63) is 29.3 Å². The highest BCUT2D eigenvalue weighted by Crippen LogP contribution is 2.38. The van der Waals surface area contributed by atoms with E-state index in [1.165, 1.54) is 11.8 Å². The molecule has 9 heteroatoms. The maximum atomic E-state index is 12.0. The number of nitrogens with zero attached hydrogens (tertiary/aromatic N) is 3. The molecule has 1 aliphatic rings. The van der Waals surface area contributed by atoms with Crippen LogP contribution in [0.1, 0.15) is 38.6 Å². The first-order chi connectivity index (χ1) is 12.5.